The third-order valence-electron chi connectivity index (χ3n) is 2.56. The Morgan fingerprint density at radius 3 is 2.60 bits per heavy atom. The molecule has 106 valence electrons. The van der Waals surface area contributed by atoms with Gasteiger partial charge in [0, 0.05) is 18.3 Å². The van der Waals surface area contributed by atoms with Gasteiger partial charge in [-0.3, -0.25) is 9.59 Å². The molecule has 1 atom stereocenters. The summed E-state index contributed by atoms with van der Waals surface area (Å²) in [5, 5.41) is 4.03. The highest BCUT2D eigenvalue weighted by Crippen LogP contribution is 2.26. The number of amides is 1. The van der Waals surface area contributed by atoms with Gasteiger partial charge in [0.25, 0.3) is 5.91 Å². The van der Waals surface area contributed by atoms with Crippen molar-refractivity contribution in [2.24, 2.45) is 11.0 Å². The number of anilines is 1. The van der Waals surface area contributed by atoms with Gasteiger partial charge in [0.2, 0.25) is 0 Å². The third-order valence-corrected chi connectivity index (χ3v) is 2.56. The van der Waals surface area contributed by atoms with Gasteiger partial charge < -0.3 is 4.74 Å². The smallest absolute Gasteiger partial charge is 0.324 e. The van der Waals surface area contributed by atoms with Crippen molar-refractivity contribution in [3.8, 4) is 0 Å². The van der Waals surface area contributed by atoms with Crippen LogP contribution in [0.2, 0.25) is 0 Å². The van der Waals surface area contributed by atoms with Crippen molar-refractivity contribution >= 4 is 23.8 Å². The van der Waals surface area contributed by atoms with Crippen LogP contribution in [0.5, 0.6) is 0 Å². The first-order chi connectivity index (χ1) is 9.45. The average Bonchev–Trinajstić information content (AvgIpc) is 2.76. The summed E-state index contributed by atoms with van der Waals surface area (Å²) in [5.41, 5.74) is -0.572. The van der Waals surface area contributed by atoms with Crippen LogP contribution in [0.25, 0.3) is 0 Å². The Morgan fingerprint density at radius 1 is 1.30 bits per heavy atom. The van der Waals surface area contributed by atoms with Crippen LogP contribution in [0.3, 0.4) is 0 Å². The first-order valence-corrected chi connectivity index (χ1v) is 5.65. The quantitative estimate of drug-likeness (QED) is 0.482. The average molecular weight is 286 g/mol. The van der Waals surface area contributed by atoms with E-state index >= 15 is 0 Å². The maximum Gasteiger partial charge on any atom is 0.324 e. The fraction of sp³-hybridized carbons (Fsp3) is 0.250. The Bertz CT molecular complexity index is 604. The van der Waals surface area contributed by atoms with Crippen molar-refractivity contribution in [2.45, 2.75) is 6.92 Å². The number of carbonyl (C=O) groups excluding carboxylic acids is 2. The topological polar surface area (TPSA) is 59.0 Å². The number of nitrogens with zero attached hydrogens (tertiary/aromatic N) is 2. The van der Waals surface area contributed by atoms with Gasteiger partial charge in [-0.2, -0.15) is 10.1 Å². The summed E-state index contributed by atoms with van der Waals surface area (Å²) in [6.45, 7) is 1.62. The normalized spacial score (nSPS) is 17.7. The highest BCUT2D eigenvalue weighted by Gasteiger charge is 2.37. The lowest BCUT2D eigenvalue weighted by Gasteiger charge is -2.14. The predicted molar refractivity (Wildman–Crippen MR) is 62.4 cm³/mol. The molecule has 2 rings (SSSR count). The Morgan fingerprint density at radius 2 is 1.95 bits per heavy atom. The predicted octanol–water partition coefficient (Wildman–Crippen LogP) is 1.62. The fourth-order valence-electron chi connectivity index (χ4n) is 1.63. The molecule has 0 aromatic heterocycles. The maximum atomic E-state index is 13.5. The lowest BCUT2D eigenvalue weighted by Crippen LogP contribution is -2.32. The van der Waals surface area contributed by atoms with Gasteiger partial charge in [-0.25, -0.2) is 13.2 Å². The number of rotatable bonds is 3. The van der Waals surface area contributed by atoms with E-state index in [0.29, 0.717) is 17.1 Å². The van der Waals surface area contributed by atoms with E-state index in [-0.39, 0.29) is 6.61 Å². The first-order valence-electron chi connectivity index (χ1n) is 5.65. The molecule has 0 spiro atoms. The van der Waals surface area contributed by atoms with Crippen LogP contribution in [0, 0.1) is 23.4 Å². The molecule has 1 aliphatic heterocycles. The van der Waals surface area contributed by atoms with E-state index in [2.05, 4.69) is 9.84 Å². The van der Waals surface area contributed by atoms with Crippen LogP contribution in [-0.2, 0) is 14.3 Å². The molecule has 0 saturated heterocycles. The van der Waals surface area contributed by atoms with Crippen molar-refractivity contribution < 1.29 is 27.5 Å². The highest BCUT2D eigenvalue weighted by atomic mass is 19.2. The zero-order chi connectivity index (χ0) is 14.9. The van der Waals surface area contributed by atoms with E-state index in [4.69, 9.17) is 0 Å². The molecule has 0 saturated carbocycles. The molecule has 1 unspecified atom stereocenters. The van der Waals surface area contributed by atoms with Gasteiger partial charge in [-0.05, 0) is 6.92 Å². The van der Waals surface area contributed by atoms with Crippen LogP contribution in [0.15, 0.2) is 17.2 Å². The summed E-state index contributed by atoms with van der Waals surface area (Å²) in [7, 11) is 0. The number of carbonyl (C=O) groups is 2. The van der Waals surface area contributed by atoms with Gasteiger partial charge in [0.05, 0.1) is 6.61 Å². The minimum atomic E-state index is -1.39. The van der Waals surface area contributed by atoms with E-state index < -0.39 is 40.9 Å². The van der Waals surface area contributed by atoms with Gasteiger partial charge in [0.15, 0.2) is 23.4 Å². The minimum absolute atomic E-state index is 0.0655. The minimum Gasteiger partial charge on any atom is -0.465 e. The lowest BCUT2D eigenvalue weighted by atomic mass is 10.1. The second kappa shape index (κ2) is 5.32. The van der Waals surface area contributed by atoms with Crippen molar-refractivity contribution in [1.82, 2.24) is 0 Å². The van der Waals surface area contributed by atoms with Crippen molar-refractivity contribution in [3.05, 3.63) is 29.6 Å². The van der Waals surface area contributed by atoms with Crippen LogP contribution < -0.4 is 5.01 Å². The Hall–Kier alpha value is -2.38. The Balaban J connectivity index is 2.29. The van der Waals surface area contributed by atoms with Crippen molar-refractivity contribution in [3.63, 3.8) is 0 Å². The van der Waals surface area contributed by atoms with Crippen LogP contribution in [-0.4, -0.2) is 24.7 Å². The number of esters is 1. The van der Waals surface area contributed by atoms with Gasteiger partial charge in [-0.1, -0.05) is 0 Å². The monoisotopic (exact) mass is 286 g/mol. The maximum absolute atomic E-state index is 13.5. The largest absolute Gasteiger partial charge is 0.465 e. The molecular formula is C12H9F3N2O3. The summed E-state index contributed by atoms with van der Waals surface area (Å²) >= 11 is 0. The van der Waals surface area contributed by atoms with Gasteiger partial charge in [-0.15, -0.1) is 0 Å². The number of hydrazone groups is 1. The number of benzene rings is 1. The van der Waals surface area contributed by atoms with E-state index in [0.717, 1.165) is 6.21 Å². The summed E-state index contributed by atoms with van der Waals surface area (Å²) < 4.78 is 44.1. The molecule has 0 fully saturated rings. The third kappa shape index (κ3) is 2.36. The number of hydrogen-bond donors (Lipinski definition) is 0. The molecule has 1 aromatic carbocycles. The first kappa shape index (κ1) is 14.0. The molecule has 1 aromatic rings. The SMILES string of the molecule is CCOC(=O)C1C=NN(c2cc(F)c(F)cc2F)C1=O. The summed E-state index contributed by atoms with van der Waals surface area (Å²) in [6.07, 6.45) is 0.959. The zero-order valence-electron chi connectivity index (χ0n) is 10.3. The van der Waals surface area contributed by atoms with E-state index in [1.165, 1.54) is 0 Å². The Labute approximate surface area is 111 Å². The fourth-order valence-corrected chi connectivity index (χ4v) is 1.63. The highest BCUT2D eigenvalue weighted by molar-refractivity contribution is 6.19. The van der Waals surface area contributed by atoms with Gasteiger partial charge in [0.1, 0.15) is 5.69 Å². The summed E-state index contributed by atoms with van der Waals surface area (Å²) in [5.74, 6) is -6.94. The molecule has 1 aliphatic rings. The molecular weight excluding hydrogens is 277 g/mol. The van der Waals surface area contributed by atoms with E-state index in [1.807, 2.05) is 0 Å². The molecule has 5 nitrogen and oxygen atoms in total. The molecule has 0 radical (unpaired) electrons. The zero-order valence-corrected chi connectivity index (χ0v) is 10.3. The van der Waals surface area contributed by atoms with E-state index in [1.54, 1.807) is 6.92 Å². The van der Waals surface area contributed by atoms with Crippen LogP contribution in [0.4, 0.5) is 18.9 Å². The number of ether oxygens (including phenoxy) is 1. The molecule has 0 aliphatic carbocycles. The second-order valence-electron chi connectivity index (χ2n) is 3.86. The Kier molecular flexibility index (Phi) is 3.73. The molecule has 20 heavy (non-hydrogen) atoms. The van der Waals surface area contributed by atoms with Crippen LogP contribution in [0.1, 0.15) is 6.92 Å². The molecule has 1 heterocycles. The number of hydrogen-bond acceptors (Lipinski definition) is 4. The summed E-state index contributed by atoms with van der Waals surface area (Å²) in [4.78, 5) is 23.3. The van der Waals surface area contributed by atoms with Crippen molar-refractivity contribution in [2.75, 3.05) is 11.6 Å². The standard InChI is InChI=1S/C12H9F3N2O3/c1-2-20-12(19)6-5-16-17(11(6)18)10-4-8(14)7(13)3-9(10)15/h3-6H,2H2,1H3. The second-order valence-corrected chi connectivity index (χ2v) is 3.86. The van der Waals surface area contributed by atoms with Crippen LogP contribution >= 0.6 is 0 Å². The van der Waals surface area contributed by atoms with Crippen molar-refractivity contribution in [1.29, 1.82) is 0 Å². The lowest BCUT2D eigenvalue weighted by molar-refractivity contribution is -0.147. The molecule has 0 N–H and O–H groups in total. The molecule has 8 heteroatoms. The number of halogens is 3. The van der Waals surface area contributed by atoms with Gasteiger partial charge >= 0.3 is 5.97 Å². The molecule has 0 bridgehead atoms. The molecule has 1 amide bonds. The summed E-state index contributed by atoms with van der Waals surface area (Å²) in [6, 6.07) is 0.790. The van der Waals surface area contributed by atoms with E-state index in [9.17, 15) is 22.8 Å².